The third kappa shape index (κ3) is 4.21. The standard InChI is InChI=1S/C17H19FN4O2S/c18-12-1-3-13(4-2-12)20-16(23)11-5-7-22(8-6-11)17(24)14-10-25-15(9-19)21-14/h1-4,10-11H,5-9,19H2,(H,20,23). The molecule has 2 heterocycles. The second-order valence-corrected chi connectivity index (χ2v) is 6.84. The number of amides is 2. The van der Waals surface area contributed by atoms with Crippen LogP contribution in [-0.4, -0.2) is 34.8 Å². The number of piperidine rings is 1. The summed E-state index contributed by atoms with van der Waals surface area (Å²) in [4.78, 5) is 30.7. The Labute approximate surface area is 148 Å². The van der Waals surface area contributed by atoms with Crippen LogP contribution in [0, 0.1) is 11.7 Å². The molecular weight excluding hydrogens is 343 g/mol. The number of halogens is 1. The number of aromatic nitrogens is 1. The first kappa shape index (κ1) is 17.5. The van der Waals surface area contributed by atoms with E-state index < -0.39 is 0 Å². The molecule has 1 aromatic carbocycles. The summed E-state index contributed by atoms with van der Waals surface area (Å²) in [5.41, 5.74) is 6.51. The van der Waals surface area contributed by atoms with E-state index in [-0.39, 0.29) is 23.5 Å². The smallest absolute Gasteiger partial charge is 0.273 e. The van der Waals surface area contributed by atoms with Crippen molar-refractivity contribution in [3.05, 3.63) is 46.2 Å². The lowest BCUT2D eigenvalue weighted by Crippen LogP contribution is -2.41. The maximum atomic E-state index is 12.9. The van der Waals surface area contributed by atoms with Crippen LogP contribution in [0.25, 0.3) is 0 Å². The maximum Gasteiger partial charge on any atom is 0.273 e. The van der Waals surface area contributed by atoms with Crippen molar-refractivity contribution < 1.29 is 14.0 Å². The van der Waals surface area contributed by atoms with Crippen molar-refractivity contribution in [1.29, 1.82) is 0 Å². The van der Waals surface area contributed by atoms with E-state index in [1.807, 2.05) is 0 Å². The summed E-state index contributed by atoms with van der Waals surface area (Å²) < 4.78 is 12.9. The zero-order valence-corrected chi connectivity index (χ0v) is 14.4. The van der Waals surface area contributed by atoms with Crippen LogP contribution in [0.15, 0.2) is 29.6 Å². The van der Waals surface area contributed by atoms with Crippen LogP contribution in [-0.2, 0) is 11.3 Å². The molecule has 1 fully saturated rings. The normalized spacial score (nSPS) is 15.2. The Morgan fingerprint density at radius 3 is 2.56 bits per heavy atom. The Morgan fingerprint density at radius 1 is 1.28 bits per heavy atom. The van der Waals surface area contributed by atoms with Crippen molar-refractivity contribution >= 4 is 28.8 Å². The number of nitrogens with two attached hydrogens (primary N) is 1. The molecule has 2 aromatic rings. The number of likely N-dealkylation sites (tertiary alicyclic amines) is 1. The topological polar surface area (TPSA) is 88.3 Å². The Balaban J connectivity index is 1.53. The largest absolute Gasteiger partial charge is 0.337 e. The second kappa shape index (κ2) is 7.71. The predicted molar refractivity (Wildman–Crippen MR) is 93.7 cm³/mol. The van der Waals surface area contributed by atoms with E-state index in [0.29, 0.717) is 43.9 Å². The highest BCUT2D eigenvalue weighted by atomic mass is 32.1. The molecular formula is C17H19FN4O2S. The second-order valence-electron chi connectivity index (χ2n) is 5.89. The van der Waals surface area contributed by atoms with Crippen molar-refractivity contribution in [2.24, 2.45) is 11.7 Å². The molecule has 0 aliphatic carbocycles. The van der Waals surface area contributed by atoms with Gasteiger partial charge in [-0.3, -0.25) is 9.59 Å². The minimum atomic E-state index is -0.343. The molecule has 132 valence electrons. The fourth-order valence-corrected chi connectivity index (χ4v) is 3.44. The molecule has 0 spiro atoms. The molecule has 0 unspecified atom stereocenters. The number of carbonyl (C=O) groups is 2. The van der Waals surface area contributed by atoms with Gasteiger partial charge in [-0.1, -0.05) is 0 Å². The molecule has 25 heavy (non-hydrogen) atoms. The van der Waals surface area contributed by atoms with Gasteiger partial charge in [-0.05, 0) is 37.1 Å². The molecule has 0 saturated carbocycles. The van der Waals surface area contributed by atoms with Crippen LogP contribution in [0.3, 0.4) is 0 Å². The number of rotatable bonds is 4. The number of benzene rings is 1. The van der Waals surface area contributed by atoms with Gasteiger partial charge in [-0.15, -0.1) is 11.3 Å². The summed E-state index contributed by atoms with van der Waals surface area (Å²) in [6.07, 6.45) is 1.18. The summed E-state index contributed by atoms with van der Waals surface area (Å²) in [6, 6.07) is 5.67. The number of nitrogens with zero attached hydrogens (tertiary/aromatic N) is 2. The van der Waals surface area contributed by atoms with E-state index in [1.54, 1.807) is 10.3 Å². The monoisotopic (exact) mass is 362 g/mol. The third-order valence-electron chi connectivity index (χ3n) is 4.21. The number of nitrogens with one attached hydrogen (secondary N) is 1. The lowest BCUT2D eigenvalue weighted by Gasteiger charge is -2.30. The molecule has 1 saturated heterocycles. The van der Waals surface area contributed by atoms with E-state index >= 15 is 0 Å². The first-order valence-corrected chi connectivity index (χ1v) is 8.95. The van der Waals surface area contributed by atoms with Gasteiger partial charge in [-0.25, -0.2) is 9.37 Å². The summed E-state index contributed by atoms with van der Waals surface area (Å²) in [6.45, 7) is 1.34. The maximum absolute atomic E-state index is 12.9. The van der Waals surface area contributed by atoms with Crippen molar-refractivity contribution in [2.75, 3.05) is 18.4 Å². The van der Waals surface area contributed by atoms with Gasteiger partial charge in [0.25, 0.3) is 5.91 Å². The molecule has 1 aliphatic heterocycles. The van der Waals surface area contributed by atoms with Crippen LogP contribution in [0.2, 0.25) is 0 Å². The van der Waals surface area contributed by atoms with E-state index in [9.17, 15) is 14.0 Å². The fourth-order valence-electron chi connectivity index (χ4n) is 2.79. The van der Waals surface area contributed by atoms with Crippen LogP contribution < -0.4 is 11.1 Å². The summed E-state index contributed by atoms with van der Waals surface area (Å²) in [7, 11) is 0. The van der Waals surface area contributed by atoms with Gasteiger partial charge < -0.3 is 16.0 Å². The molecule has 2 amide bonds. The van der Waals surface area contributed by atoms with Crippen LogP contribution >= 0.6 is 11.3 Å². The van der Waals surface area contributed by atoms with Gasteiger partial charge in [0, 0.05) is 36.6 Å². The van der Waals surface area contributed by atoms with Gasteiger partial charge >= 0.3 is 0 Å². The first-order chi connectivity index (χ1) is 12.1. The zero-order valence-electron chi connectivity index (χ0n) is 13.6. The molecule has 0 bridgehead atoms. The number of anilines is 1. The summed E-state index contributed by atoms with van der Waals surface area (Å²) >= 11 is 1.38. The average Bonchev–Trinajstić information content (AvgIpc) is 3.12. The molecule has 0 atom stereocenters. The minimum absolute atomic E-state index is 0.0993. The molecule has 8 heteroatoms. The Bertz CT molecular complexity index is 754. The fraction of sp³-hybridized carbons (Fsp3) is 0.353. The minimum Gasteiger partial charge on any atom is -0.337 e. The SMILES string of the molecule is NCc1nc(C(=O)N2CCC(C(=O)Nc3ccc(F)cc3)CC2)cs1. The van der Waals surface area contributed by atoms with Crippen molar-refractivity contribution in [3.63, 3.8) is 0 Å². The molecule has 6 nitrogen and oxygen atoms in total. The predicted octanol–water partition coefficient (Wildman–Crippen LogP) is 2.23. The lowest BCUT2D eigenvalue weighted by molar-refractivity contribution is -0.121. The van der Waals surface area contributed by atoms with Crippen molar-refractivity contribution in [1.82, 2.24) is 9.88 Å². The van der Waals surface area contributed by atoms with Crippen molar-refractivity contribution in [2.45, 2.75) is 19.4 Å². The van der Waals surface area contributed by atoms with Crippen molar-refractivity contribution in [3.8, 4) is 0 Å². The van der Waals surface area contributed by atoms with Gasteiger partial charge in [0.15, 0.2) is 0 Å². The Kier molecular flexibility index (Phi) is 5.40. The summed E-state index contributed by atoms with van der Waals surface area (Å²) in [5, 5.41) is 5.25. The van der Waals surface area contributed by atoms with E-state index in [0.717, 1.165) is 5.01 Å². The molecule has 3 rings (SSSR count). The quantitative estimate of drug-likeness (QED) is 0.873. The molecule has 3 N–H and O–H groups in total. The van der Waals surface area contributed by atoms with Gasteiger partial charge in [0.05, 0.1) is 0 Å². The van der Waals surface area contributed by atoms with Crippen LogP contribution in [0.1, 0.15) is 28.3 Å². The van der Waals surface area contributed by atoms with Crippen LogP contribution in [0.5, 0.6) is 0 Å². The number of thiazole rings is 1. The van der Waals surface area contributed by atoms with E-state index in [1.165, 1.54) is 35.6 Å². The van der Waals surface area contributed by atoms with Gasteiger partial charge in [0.2, 0.25) is 5.91 Å². The third-order valence-corrected chi connectivity index (χ3v) is 5.08. The number of carbonyl (C=O) groups excluding carboxylic acids is 2. The highest BCUT2D eigenvalue weighted by molar-refractivity contribution is 7.09. The highest BCUT2D eigenvalue weighted by Crippen LogP contribution is 2.21. The van der Waals surface area contributed by atoms with Gasteiger partial charge in [0.1, 0.15) is 16.5 Å². The molecule has 1 aliphatic rings. The van der Waals surface area contributed by atoms with Crippen LogP contribution in [0.4, 0.5) is 10.1 Å². The molecule has 0 radical (unpaired) electrons. The average molecular weight is 362 g/mol. The van der Waals surface area contributed by atoms with E-state index in [2.05, 4.69) is 10.3 Å². The van der Waals surface area contributed by atoms with Gasteiger partial charge in [-0.2, -0.15) is 0 Å². The summed E-state index contributed by atoms with van der Waals surface area (Å²) in [5.74, 6) is -0.722. The first-order valence-electron chi connectivity index (χ1n) is 8.07. The Morgan fingerprint density at radius 2 is 1.96 bits per heavy atom. The number of hydrogen-bond acceptors (Lipinski definition) is 5. The lowest BCUT2D eigenvalue weighted by atomic mass is 9.95. The number of hydrogen-bond donors (Lipinski definition) is 2. The highest BCUT2D eigenvalue weighted by Gasteiger charge is 2.28. The zero-order chi connectivity index (χ0) is 17.8. The molecule has 1 aromatic heterocycles. The van der Waals surface area contributed by atoms with E-state index in [4.69, 9.17) is 5.73 Å². The Hall–Kier alpha value is -2.32.